The standard InChI is InChI=1S/C17H22N2O/c1-4-5-10-16-18-14(3)11-17(19-16)20-12-15-9-7-6-8-13(15)2/h6-9,11H,4-5,10,12H2,1-3H3. The van der Waals surface area contributed by atoms with Crippen LogP contribution in [-0.4, -0.2) is 9.97 Å². The largest absolute Gasteiger partial charge is 0.473 e. The van der Waals surface area contributed by atoms with Crippen LogP contribution in [0.2, 0.25) is 0 Å². The Kier molecular flexibility index (Phi) is 5.10. The van der Waals surface area contributed by atoms with E-state index in [1.54, 1.807) is 0 Å². The van der Waals surface area contributed by atoms with Crippen LogP contribution in [-0.2, 0) is 13.0 Å². The molecule has 0 aliphatic heterocycles. The molecule has 106 valence electrons. The molecule has 20 heavy (non-hydrogen) atoms. The number of nitrogens with zero attached hydrogens (tertiary/aromatic N) is 2. The van der Waals surface area contributed by atoms with Crippen LogP contribution < -0.4 is 4.74 Å². The molecule has 0 amide bonds. The normalized spacial score (nSPS) is 10.6. The van der Waals surface area contributed by atoms with Gasteiger partial charge in [-0.05, 0) is 31.4 Å². The average Bonchev–Trinajstić information content (AvgIpc) is 2.44. The smallest absolute Gasteiger partial charge is 0.217 e. The topological polar surface area (TPSA) is 35.0 Å². The lowest BCUT2D eigenvalue weighted by Crippen LogP contribution is -2.03. The van der Waals surface area contributed by atoms with E-state index < -0.39 is 0 Å². The number of rotatable bonds is 6. The summed E-state index contributed by atoms with van der Waals surface area (Å²) in [5.74, 6) is 1.55. The summed E-state index contributed by atoms with van der Waals surface area (Å²) in [7, 11) is 0. The molecule has 0 saturated heterocycles. The SMILES string of the molecule is CCCCc1nc(C)cc(OCc2ccccc2C)n1. The molecule has 1 aromatic heterocycles. The number of benzene rings is 1. The first-order valence-electron chi connectivity index (χ1n) is 7.21. The van der Waals surface area contributed by atoms with Crippen LogP contribution >= 0.6 is 0 Å². The minimum absolute atomic E-state index is 0.552. The number of hydrogen-bond acceptors (Lipinski definition) is 3. The second-order valence-electron chi connectivity index (χ2n) is 5.08. The number of aromatic nitrogens is 2. The van der Waals surface area contributed by atoms with Gasteiger partial charge in [-0.15, -0.1) is 0 Å². The van der Waals surface area contributed by atoms with Crippen molar-refractivity contribution < 1.29 is 4.74 Å². The predicted molar refractivity (Wildman–Crippen MR) is 80.9 cm³/mol. The van der Waals surface area contributed by atoms with E-state index in [0.717, 1.165) is 30.8 Å². The maximum absolute atomic E-state index is 5.82. The average molecular weight is 270 g/mol. The quantitative estimate of drug-likeness (QED) is 0.795. The third kappa shape index (κ3) is 4.05. The van der Waals surface area contributed by atoms with Crippen molar-refractivity contribution in [2.75, 3.05) is 0 Å². The zero-order valence-electron chi connectivity index (χ0n) is 12.5. The van der Waals surface area contributed by atoms with Gasteiger partial charge in [-0.3, -0.25) is 0 Å². The molecular weight excluding hydrogens is 248 g/mol. The van der Waals surface area contributed by atoms with E-state index >= 15 is 0 Å². The Hall–Kier alpha value is -1.90. The van der Waals surface area contributed by atoms with Gasteiger partial charge in [-0.2, -0.15) is 4.98 Å². The Morgan fingerprint density at radius 3 is 2.65 bits per heavy atom. The molecule has 0 fully saturated rings. The predicted octanol–water partition coefficient (Wildman–Crippen LogP) is 4.02. The van der Waals surface area contributed by atoms with E-state index in [0.29, 0.717) is 12.5 Å². The van der Waals surface area contributed by atoms with E-state index in [2.05, 4.69) is 35.9 Å². The van der Waals surface area contributed by atoms with Crippen LogP contribution in [0.4, 0.5) is 0 Å². The molecule has 1 aromatic carbocycles. The van der Waals surface area contributed by atoms with Crippen molar-refractivity contribution in [1.82, 2.24) is 9.97 Å². The van der Waals surface area contributed by atoms with E-state index in [-0.39, 0.29) is 0 Å². The maximum atomic E-state index is 5.82. The van der Waals surface area contributed by atoms with E-state index in [1.807, 2.05) is 25.1 Å². The molecule has 3 nitrogen and oxygen atoms in total. The molecule has 0 saturated carbocycles. The first-order chi connectivity index (χ1) is 9.69. The summed E-state index contributed by atoms with van der Waals surface area (Å²) in [4.78, 5) is 8.94. The number of unbranched alkanes of at least 4 members (excludes halogenated alkanes) is 1. The van der Waals surface area contributed by atoms with Crippen LogP contribution in [0, 0.1) is 13.8 Å². The first-order valence-corrected chi connectivity index (χ1v) is 7.21. The zero-order chi connectivity index (χ0) is 14.4. The molecule has 0 aliphatic rings. The summed E-state index contributed by atoms with van der Waals surface area (Å²) in [6.45, 7) is 6.80. The molecule has 0 bridgehead atoms. The van der Waals surface area contributed by atoms with Crippen molar-refractivity contribution >= 4 is 0 Å². The molecule has 3 heteroatoms. The lowest BCUT2D eigenvalue weighted by molar-refractivity contribution is 0.291. The molecule has 0 aliphatic carbocycles. The fraction of sp³-hybridized carbons (Fsp3) is 0.412. The van der Waals surface area contributed by atoms with Crippen LogP contribution in [0.15, 0.2) is 30.3 Å². The fourth-order valence-corrected chi connectivity index (χ4v) is 2.04. The van der Waals surface area contributed by atoms with Gasteiger partial charge < -0.3 is 4.74 Å². The summed E-state index contributed by atoms with van der Waals surface area (Å²) in [5, 5.41) is 0. The Labute approximate surface area is 121 Å². The van der Waals surface area contributed by atoms with Gasteiger partial charge in [0.05, 0.1) is 0 Å². The Bertz CT molecular complexity index is 567. The fourth-order valence-electron chi connectivity index (χ4n) is 2.04. The molecule has 0 atom stereocenters. The molecular formula is C17H22N2O. The molecule has 0 spiro atoms. The van der Waals surface area contributed by atoms with Gasteiger partial charge in [0.2, 0.25) is 5.88 Å². The number of aryl methyl sites for hydroxylation is 3. The Morgan fingerprint density at radius 1 is 1.10 bits per heavy atom. The minimum atomic E-state index is 0.552. The van der Waals surface area contributed by atoms with Gasteiger partial charge in [0.1, 0.15) is 12.4 Å². The molecule has 0 N–H and O–H groups in total. The molecule has 0 radical (unpaired) electrons. The monoisotopic (exact) mass is 270 g/mol. The van der Waals surface area contributed by atoms with Gasteiger partial charge >= 0.3 is 0 Å². The van der Waals surface area contributed by atoms with Gasteiger partial charge in [-0.25, -0.2) is 4.98 Å². The van der Waals surface area contributed by atoms with Crippen molar-refractivity contribution in [2.45, 2.75) is 46.6 Å². The summed E-state index contributed by atoms with van der Waals surface area (Å²) < 4.78 is 5.82. The van der Waals surface area contributed by atoms with E-state index in [4.69, 9.17) is 4.74 Å². The summed E-state index contributed by atoms with van der Waals surface area (Å²) in [5.41, 5.74) is 3.40. The van der Waals surface area contributed by atoms with Gasteiger partial charge in [0.15, 0.2) is 0 Å². The zero-order valence-corrected chi connectivity index (χ0v) is 12.5. The maximum Gasteiger partial charge on any atom is 0.217 e. The van der Waals surface area contributed by atoms with Crippen LogP contribution in [0.3, 0.4) is 0 Å². The lowest BCUT2D eigenvalue weighted by atomic mass is 10.1. The third-order valence-electron chi connectivity index (χ3n) is 3.27. The van der Waals surface area contributed by atoms with E-state index in [1.165, 1.54) is 11.1 Å². The number of ether oxygens (including phenoxy) is 1. The van der Waals surface area contributed by atoms with Crippen molar-refractivity contribution in [2.24, 2.45) is 0 Å². The molecule has 1 heterocycles. The molecule has 0 unspecified atom stereocenters. The summed E-state index contributed by atoms with van der Waals surface area (Å²) in [6, 6.07) is 10.1. The first kappa shape index (κ1) is 14.5. The van der Waals surface area contributed by atoms with Crippen molar-refractivity contribution in [1.29, 1.82) is 0 Å². The second kappa shape index (κ2) is 7.04. The highest BCUT2D eigenvalue weighted by molar-refractivity contribution is 5.25. The van der Waals surface area contributed by atoms with Crippen LogP contribution in [0.5, 0.6) is 5.88 Å². The van der Waals surface area contributed by atoms with Crippen LogP contribution in [0.1, 0.15) is 42.4 Å². The van der Waals surface area contributed by atoms with Crippen molar-refractivity contribution in [3.63, 3.8) is 0 Å². The van der Waals surface area contributed by atoms with Gasteiger partial charge in [-0.1, -0.05) is 37.6 Å². The number of hydrogen-bond donors (Lipinski definition) is 0. The highest BCUT2D eigenvalue weighted by atomic mass is 16.5. The van der Waals surface area contributed by atoms with Crippen LogP contribution in [0.25, 0.3) is 0 Å². The highest BCUT2D eigenvalue weighted by Gasteiger charge is 2.04. The second-order valence-corrected chi connectivity index (χ2v) is 5.08. The molecule has 2 rings (SSSR count). The van der Waals surface area contributed by atoms with E-state index in [9.17, 15) is 0 Å². The molecule has 2 aromatic rings. The highest BCUT2D eigenvalue weighted by Crippen LogP contribution is 2.14. The Morgan fingerprint density at radius 2 is 1.90 bits per heavy atom. The third-order valence-corrected chi connectivity index (χ3v) is 3.27. The minimum Gasteiger partial charge on any atom is -0.473 e. The Balaban J connectivity index is 2.05. The van der Waals surface area contributed by atoms with Crippen molar-refractivity contribution in [3.05, 3.63) is 53.0 Å². The summed E-state index contributed by atoms with van der Waals surface area (Å²) >= 11 is 0. The lowest BCUT2D eigenvalue weighted by Gasteiger charge is -2.09. The van der Waals surface area contributed by atoms with Gasteiger partial charge in [0, 0.05) is 18.2 Å². The van der Waals surface area contributed by atoms with Crippen molar-refractivity contribution in [3.8, 4) is 5.88 Å². The summed E-state index contributed by atoms with van der Waals surface area (Å²) in [6.07, 6.45) is 3.18. The van der Waals surface area contributed by atoms with Gasteiger partial charge in [0.25, 0.3) is 0 Å².